The quantitative estimate of drug-likeness (QED) is 0.594. The summed E-state index contributed by atoms with van der Waals surface area (Å²) in [5.41, 5.74) is 8.51. The molecule has 0 bridgehead atoms. The number of aromatic nitrogens is 1. The van der Waals surface area contributed by atoms with Gasteiger partial charge in [0.05, 0.1) is 33.1 Å². The van der Waals surface area contributed by atoms with Crippen molar-refractivity contribution in [3.63, 3.8) is 0 Å². The normalized spacial score (nSPS) is 14.9. The zero-order valence-electron chi connectivity index (χ0n) is 21.8. The van der Waals surface area contributed by atoms with Crippen molar-refractivity contribution in [1.82, 2.24) is 14.8 Å². The minimum Gasteiger partial charge on any atom is -0.357 e. The second-order valence-corrected chi connectivity index (χ2v) is 10.2. The fourth-order valence-electron chi connectivity index (χ4n) is 4.26. The molecule has 1 aromatic carbocycles. The molecule has 2 amide bonds. The molecule has 180 valence electrons. The molecule has 1 aromatic heterocycles. The Morgan fingerprint density at radius 1 is 0.882 bits per heavy atom. The molecule has 2 aromatic rings. The fourth-order valence-corrected chi connectivity index (χ4v) is 5.52. The summed E-state index contributed by atoms with van der Waals surface area (Å²) in [6.45, 7) is 11.9. The number of rotatable bonds is 5. The molecule has 2 heterocycles. The highest BCUT2D eigenvalue weighted by atomic mass is 32.2. The van der Waals surface area contributed by atoms with Crippen LogP contribution in [0.4, 0.5) is 0 Å². The molecule has 0 spiro atoms. The molecule has 1 aliphatic rings. The number of carbonyl (C=O) groups is 2. The van der Waals surface area contributed by atoms with Gasteiger partial charge in [-0.15, -0.1) is 0 Å². The van der Waals surface area contributed by atoms with Crippen LogP contribution in [0, 0.1) is 27.7 Å². The third-order valence-corrected chi connectivity index (χ3v) is 7.55. The number of hydrogen-bond donors (Lipinski definition) is 1. The molecule has 34 heavy (non-hydrogen) atoms. The van der Waals surface area contributed by atoms with Crippen LogP contribution < -0.4 is 0 Å². The van der Waals surface area contributed by atoms with Crippen LogP contribution in [-0.2, 0) is 4.79 Å². The molecule has 3 rings (SSSR count). The van der Waals surface area contributed by atoms with E-state index in [1.807, 2.05) is 27.7 Å². The Labute approximate surface area is 206 Å². The summed E-state index contributed by atoms with van der Waals surface area (Å²) >= 11 is 1.63. The first kappa shape index (κ1) is 25.6. The fraction of sp³-hybridized carbons (Fsp3) is 0.370. The molecule has 0 saturated carbocycles. The predicted molar refractivity (Wildman–Crippen MR) is 141 cm³/mol. The summed E-state index contributed by atoms with van der Waals surface area (Å²) < 4.78 is 0. The highest BCUT2D eigenvalue weighted by molar-refractivity contribution is 8.08. The van der Waals surface area contributed by atoms with Gasteiger partial charge in [0.2, 0.25) is 0 Å². The zero-order valence-corrected chi connectivity index (χ0v) is 22.6. The molecule has 6 nitrogen and oxygen atoms in total. The summed E-state index contributed by atoms with van der Waals surface area (Å²) in [7, 11) is 7.02. The van der Waals surface area contributed by atoms with Crippen LogP contribution in [-0.4, -0.2) is 60.5 Å². The number of allylic oxidation sites excluding steroid dienone is 1. The van der Waals surface area contributed by atoms with Crippen LogP contribution >= 0.6 is 11.8 Å². The molecule has 0 radical (unpaired) electrons. The molecule has 1 aliphatic heterocycles. The molecule has 0 saturated heterocycles. The molecule has 0 atom stereocenters. The number of likely N-dealkylation sites (N-methyl/N-ethyl adjacent to an activating group) is 1. The van der Waals surface area contributed by atoms with E-state index < -0.39 is 0 Å². The molecular weight excluding hydrogens is 444 g/mol. The van der Waals surface area contributed by atoms with Crippen molar-refractivity contribution in [2.75, 3.05) is 28.2 Å². The van der Waals surface area contributed by atoms with Gasteiger partial charge in [-0.2, -0.15) is 0 Å². The lowest BCUT2D eigenvalue weighted by Crippen LogP contribution is -2.26. The van der Waals surface area contributed by atoms with E-state index in [0.29, 0.717) is 16.8 Å². The predicted octanol–water partition coefficient (Wildman–Crippen LogP) is 5.29. The van der Waals surface area contributed by atoms with Crippen LogP contribution in [0.15, 0.2) is 44.9 Å². The van der Waals surface area contributed by atoms with E-state index in [-0.39, 0.29) is 11.8 Å². The maximum absolute atomic E-state index is 12.9. The minimum atomic E-state index is -0.0620. The van der Waals surface area contributed by atoms with Gasteiger partial charge in [-0.05, 0) is 63.8 Å². The number of aliphatic imine (C=N–C) groups is 1. The van der Waals surface area contributed by atoms with E-state index in [4.69, 9.17) is 4.99 Å². The maximum atomic E-state index is 12.9. The van der Waals surface area contributed by atoms with Crippen molar-refractivity contribution in [3.05, 3.63) is 68.7 Å². The summed E-state index contributed by atoms with van der Waals surface area (Å²) in [5, 5.41) is 0. The molecule has 1 N–H and O–H groups in total. The average molecular weight is 479 g/mol. The van der Waals surface area contributed by atoms with Gasteiger partial charge in [0.1, 0.15) is 0 Å². The third-order valence-electron chi connectivity index (χ3n) is 6.10. The first-order valence-corrected chi connectivity index (χ1v) is 12.1. The van der Waals surface area contributed by atoms with Crippen molar-refractivity contribution in [2.24, 2.45) is 4.99 Å². The van der Waals surface area contributed by atoms with E-state index in [2.05, 4.69) is 37.0 Å². The summed E-state index contributed by atoms with van der Waals surface area (Å²) in [5.74, 6) is -0.103. The largest absolute Gasteiger partial charge is 0.357 e. The summed E-state index contributed by atoms with van der Waals surface area (Å²) in [6, 6.07) is 6.24. The second kappa shape index (κ2) is 9.66. The van der Waals surface area contributed by atoms with Gasteiger partial charge in [-0.3, -0.25) is 14.6 Å². The highest BCUT2D eigenvalue weighted by Crippen LogP contribution is 2.45. The van der Waals surface area contributed by atoms with E-state index >= 15 is 0 Å². The number of benzene rings is 1. The third kappa shape index (κ3) is 4.49. The number of hydrogen-bond acceptors (Lipinski definition) is 4. The van der Waals surface area contributed by atoms with Crippen molar-refractivity contribution in [3.8, 4) is 0 Å². The lowest BCUT2D eigenvalue weighted by Gasteiger charge is -2.16. The van der Waals surface area contributed by atoms with Crippen LogP contribution in [0.1, 0.15) is 52.3 Å². The Morgan fingerprint density at radius 3 is 1.97 bits per heavy atom. The van der Waals surface area contributed by atoms with Gasteiger partial charge in [0.25, 0.3) is 11.8 Å². The van der Waals surface area contributed by atoms with Gasteiger partial charge in [-0.25, -0.2) is 0 Å². The average Bonchev–Trinajstić information content (AvgIpc) is 3.21. The van der Waals surface area contributed by atoms with Crippen molar-refractivity contribution < 1.29 is 9.59 Å². The van der Waals surface area contributed by atoms with E-state index in [9.17, 15) is 9.59 Å². The molecule has 0 fully saturated rings. The molecule has 7 heteroatoms. The summed E-state index contributed by atoms with van der Waals surface area (Å²) in [4.78, 5) is 39.5. The lowest BCUT2D eigenvalue weighted by atomic mass is 10.0. The molecule has 0 aliphatic carbocycles. The monoisotopic (exact) mass is 478 g/mol. The molecule has 0 unspecified atom stereocenters. The number of carbonyl (C=O) groups excluding carboxylic acids is 2. The van der Waals surface area contributed by atoms with E-state index in [1.54, 1.807) is 49.8 Å². The van der Waals surface area contributed by atoms with Crippen LogP contribution in [0.3, 0.4) is 0 Å². The number of nitrogens with one attached hydrogen (secondary N) is 1. The van der Waals surface area contributed by atoms with Crippen molar-refractivity contribution >= 4 is 34.2 Å². The lowest BCUT2D eigenvalue weighted by molar-refractivity contribution is -0.124. The Kier molecular flexibility index (Phi) is 7.26. The Hall–Kier alpha value is -3.06. The number of nitrogens with zero attached hydrogens (tertiary/aromatic N) is 3. The number of amides is 2. The van der Waals surface area contributed by atoms with E-state index in [1.165, 1.54) is 11.1 Å². The Balaban J connectivity index is 2.34. The standard InChI is InChI=1S/C27H34N4O2S/c1-14-12-11-13-15(2)24(14)34-25(22-16(3)20(18(5)28-22)26(32)30(7)8)23-17(4)21(19(6)29-23)27(33)31(9)10/h11-13,28H,1-10H3/b25-23+. The molecular formula is C27H34N4O2S. The first-order chi connectivity index (χ1) is 15.9. The van der Waals surface area contributed by atoms with Crippen molar-refractivity contribution in [1.29, 1.82) is 0 Å². The van der Waals surface area contributed by atoms with Gasteiger partial charge >= 0.3 is 0 Å². The number of H-pyrrole nitrogens is 1. The van der Waals surface area contributed by atoms with Crippen molar-refractivity contribution in [2.45, 2.75) is 46.4 Å². The maximum Gasteiger partial charge on any atom is 0.255 e. The SMILES string of the molecule is CC1=N/C(=C(/Sc2c(C)cccc2C)c2[nH]c(C)c(C(=O)N(C)C)c2C)C(C)=C1C(=O)N(C)C. The first-order valence-electron chi connectivity index (χ1n) is 11.2. The van der Waals surface area contributed by atoms with Gasteiger partial charge in [-0.1, -0.05) is 30.0 Å². The van der Waals surface area contributed by atoms with Gasteiger partial charge < -0.3 is 14.8 Å². The highest BCUT2D eigenvalue weighted by Gasteiger charge is 2.30. The van der Waals surface area contributed by atoms with Gasteiger partial charge in [0.15, 0.2) is 0 Å². The van der Waals surface area contributed by atoms with Crippen LogP contribution in [0.25, 0.3) is 4.91 Å². The van der Waals surface area contributed by atoms with Gasteiger partial charge in [0, 0.05) is 38.8 Å². The topological polar surface area (TPSA) is 68.8 Å². The zero-order chi connectivity index (χ0) is 25.5. The Bertz CT molecular complexity index is 1260. The minimum absolute atomic E-state index is 0.0410. The Morgan fingerprint density at radius 2 is 1.44 bits per heavy atom. The number of aromatic amines is 1. The second-order valence-electron chi connectivity index (χ2n) is 9.22. The van der Waals surface area contributed by atoms with Crippen LogP contribution in [0.5, 0.6) is 0 Å². The smallest absolute Gasteiger partial charge is 0.255 e. The summed E-state index contributed by atoms with van der Waals surface area (Å²) in [6.07, 6.45) is 0. The van der Waals surface area contributed by atoms with E-state index in [0.717, 1.165) is 38.0 Å². The number of thioether (sulfide) groups is 1. The number of aryl methyl sites for hydroxylation is 3. The van der Waals surface area contributed by atoms with Crippen LogP contribution in [0.2, 0.25) is 0 Å².